The monoisotopic (exact) mass is 476 g/mol. The predicted octanol–water partition coefficient (Wildman–Crippen LogP) is 4.66. The van der Waals surface area contributed by atoms with Crippen LogP contribution in [0, 0.1) is 25.2 Å². The summed E-state index contributed by atoms with van der Waals surface area (Å²) >= 11 is 0. The molecule has 0 atom stereocenters. The van der Waals surface area contributed by atoms with E-state index in [1.165, 1.54) is 11.1 Å². The number of nitrogens with zero attached hydrogens (tertiary/aromatic N) is 6. The number of amides is 1. The Labute approximate surface area is 208 Å². The third kappa shape index (κ3) is 3.97. The molecular formula is C28H24N6O2. The minimum Gasteiger partial charge on any atom is -0.372 e. The van der Waals surface area contributed by atoms with Crippen LogP contribution in [-0.4, -0.2) is 25.8 Å². The van der Waals surface area contributed by atoms with Crippen molar-refractivity contribution in [3.8, 4) is 6.07 Å². The third-order valence-electron chi connectivity index (χ3n) is 6.88. The molecule has 0 N–H and O–H groups in total. The lowest BCUT2D eigenvalue weighted by atomic mass is 10.0. The van der Waals surface area contributed by atoms with Gasteiger partial charge in [-0.1, -0.05) is 12.1 Å². The normalized spacial score (nSPS) is 14.5. The molecule has 0 saturated heterocycles. The van der Waals surface area contributed by atoms with Gasteiger partial charge >= 0.3 is 0 Å². The molecule has 0 unspecified atom stereocenters. The molecule has 3 aromatic heterocycles. The molecule has 2 aliphatic rings. The summed E-state index contributed by atoms with van der Waals surface area (Å²) in [5, 5.41) is 10.3. The van der Waals surface area contributed by atoms with E-state index >= 15 is 0 Å². The van der Waals surface area contributed by atoms with Crippen molar-refractivity contribution in [2.75, 3.05) is 4.90 Å². The molecule has 1 aliphatic heterocycles. The lowest BCUT2D eigenvalue weighted by Crippen LogP contribution is -2.31. The van der Waals surface area contributed by atoms with Gasteiger partial charge in [-0.15, -0.1) is 0 Å². The highest BCUT2D eigenvalue weighted by Crippen LogP contribution is 2.37. The van der Waals surface area contributed by atoms with E-state index in [1.807, 2.05) is 19.1 Å². The second-order valence-electron chi connectivity index (χ2n) is 9.41. The molecular weight excluding hydrogens is 452 g/mol. The van der Waals surface area contributed by atoms with Crippen molar-refractivity contribution in [2.24, 2.45) is 0 Å². The molecule has 8 nitrogen and oxygen atoms in total. The van der Waals surface area contributed by atoms with Gasteiger partial charge in [0, 0.05) is 35.0 Å². The smallest absolute Gasteiger partial charge is 0.261 e. The maximum atomic E-state index is 13.7. The van der Waals surface area contributed by atoms with Gasteiger partial charge in [0.1, 0.15) is 17.6 Å². The standard InChI is InChI=1S/C28H24N6O2/c1-16-23-14-36-15-24(23)22-7-3-18(9-25(22)33-16)13-34(26-8-6-21(10-29)32-17(26)2)28(35)20-11-30-27(31-12-20)19-4-5-19/h3,6-9,11-12,19H,4-5,13-15H2,1-2H3. The van der Waals surface area contributed by atoms with Crippen molar-refractivity contribution in [1.29, 1.82) is 5.26 Å². The van der Waals surface area contributed by atoms with Gasteiger partial charge in [0.05, 0.1) is 42.2 Å². The summed E-state index contributed by atoms with van der Waals surface area (Å²) in [5.74, 6) is 0.982. The van der Waals surface area contributed by atoms with Crippen LogP contribution in [-0.2, 0) is 24.5 Å². The zero-order valence-corrected chi connectivity index (χ0v) is 20.2. The molecule has 36 heavy (non-hydrogen) atoms. The van der Waals surface area contributed by atoms with Gasteiger partial charge in [0.2, 0.25) is 0 Å². The van der Waals surface area contributed by atoms with E-state index in [9.17, 15) is 10.1 Å². The van der Waals surface area contributed by atoms with Gasteiger partial charge in [-0.05, 0) is 56.0 Å². The van der Waals surface area contributed by atoms with E-state index in [2.05, 4.69) is 27.1 Å². The summed E-state index contributed by atoms with van der Waals surface area (Å²) in [6.45, 7) is 5.30. The summed E-state index contributed by atoms with van der Waals surface area (Å²) in [7, 11) is 0. The SMILES string of the molecule is Cc1nc(C#N)ccc1N(Cc1ccc2c3c(c(C)nc2c1)COC3)C(=O)c1cnc(C2CC2)nc1. The Bertz CT molecular complexity index is 1550. The second-order valence-corrected chi connectivity index (χ2v) is 9.41. The lowest BCUT2D eigenvalue weighted by molar-refractivity contribution is 0.0984. The number of aromatic nitrogens is 4. The Morgan fingerprint density at radius 2 is 1.83 bits per heavy atom. The molecule has 178 valence electrons. The van der Waals surface area contributed by atoms with E-state index in [0.29, 0.717) is 48.3 Å². The van der Waals surface area contributed by atoms with Crippen LogP contribution >= 0.6 is 0 Å². The number of rotatable bonds is 5. The maximum absolute atomic E-state index is 13.7. The van der Waals surface area contributed by atoms with Crippen molar-refractivity contribution in [2.45, 2.75) is 52.4 Å². The van der Waals surface area contributed by atoms with Crippen LogP contribution < -0.4 is 4.90 Å². The van der Waals surface area contributed by atoms with Crippen LogP contribution in [0.15, 0.2) is 42.7 Å². The maximum Gasteiger partial charge on any atom is 0.261 e. The van der Waals surface area contributed by atoms with Crippen LogP contribution in [0.25, 0.3) is 10.9 Å². The summed E-state index contributed by atoms with van der Waals surface area (Å²) in [6.07, 6.45) is 5.41. The molecule has 4 aromatic rings. The van der Waals surface area contributed by atoms with Crippen LogP contribution in [0.5, 0.6) is 0 Å². The number of fused-ring (bicyclic) bond motifs is 3. The van der Waals surface area contributed by atoms with Crippen molar-refractivity contribution >= 4 is 22.5 Å². The number of hydrogen-bond acceptors (Lipinski definition) is 7. The minimum absolute atomic E-state index is 0.224. The van der Waals surface area contributed by atoms with Crippen LogP contribution in [0.3, 0.4) is 0 Å². The highest BCUT2D eigenvalue weighted by molar-refractivity contribution is 6.06. The van der Waals surface area contributed by atoms with Gasteiger partial charge < -0.3 is 9.64 Å². The highest BCUT2D eigenvalue weighted by Gasteiger charge is 2.28. The van der Waals surface area contributed by atoms with Gasteiger partial charge in [0.15, 0.2) is 0 Å². The molecule has 1 amide bonds. The molecule has 4 heterocycles. The molecule has 1 saturated carbocycles. The zero-order chi connectivity index (χ0) is 24.8. The highest BCUT2D eigenvalue weighted by atomic mass is 16.5. The van der Waals surface area contributed by atoms with Crippen molar-refractivity contribution in [3.05, 3.63) is 87.9 Å². The second kappa shape index (κ2) is 8.77. The van der Waals surface area contributed by atoms with Crippen molar-refractivity contribution < 1.29 is 9.53 Å². The van der Waals surface area contributed by atoms with Gasteiger partial charge in [-0.2, -0.15) is 5.26 Å². The fraction of sp³-hybridized carbons (Fsp3) is 0.286. The van der Waals surface area contributed by atoms with Crippen molar-refractivity contribution in [3.63, 3.8) is 0 Å². The Balaban J connectivity index is 1.39. The molecule has 8 heteroatoms. The Morgan fingerprint density at radius 1 is 1.06 bits per heavy atom. The van der Waals surface area contributed by atoms with Gasteiger partial charge in [-0.3, -0.25) is 9.78 Å². The molecule has 0 radical (unpaired) electrons. The fourth-order valence-electron chi connectivity index (χ4n) is 4.77. The Kier molecular flexibility index (Phi) is 5.42. The first-order valence-electron chi connectivity index (χ1n) is 12.0. The van der Waals surface area contributed by atoms with Crippen LogP contribution in [0.4, 0.5) is 5.69 Å². The number of carbonyl (C=O) groups is 1. The molecule has 6 rings (SSSR count). The third-order valence-corrected chi connectivity index (χ3v) is 6.88. The first-order valence-corrected chi connectivity index (χ1v) is 12.0. The number of benzene rings is 1. The number of carbonyl (C=O) groups excluding carboxylic acids is 1. The van der Waals surface area contributed by atoms with E-state index in [4.69, 9.17) is 9.72 Å². The molecule has 1 aromatic carbocycles. The first-order chi connectivity index (χ1) is 17.5. The first kappa shape index (κ1) is 22.3. The zero-order valence-electron chi connectivity index (χ0n) is 20.2. The van der Waals surface area contributed by atoms with Gasteiger partial charge in [0.25, 0.3) is 5.91 Å². The van der Waals surface area contributed by atoms with E-state index in [-0.39, 0.29) is 5.91 Å². The summed E-state index contributed by atoms with van der Waals surface area (Å²) in [6, 6.07) is 11.6. The summed E-state index contributed by atoms with van der Waals surface area (Å²) in [4.78, 5) is 33.5. The Hall–Kier alpha value is -4.22. The van der Waals surface area contributed by atoms with Crippen molar-refractivity contribution in [1.82, 2.24) is 19.9 Å². The van der Waals surface area contributed by atoms with Crippen LogP contribution in [0.1, 0.15) is 68.7 Å². The van der Waals surface area contributed by atoms with E-state index < -0.39 is 0 Å². The average Bonchev–Trinajstić information content (AvgIpc) is 3.62. The number of nitriles is 1. The Morgan fingerprint density at radius 3 is 2.56 bits per heavy atom. The van der Waals surface area contributed by atoms with Gasteiger partial charge in [-0.25, -0.2) is 15.0 Å². The number of aryl methyl sites for hydroxylation is 2. The number of pyridine rings is 2. The largest absolute Gasteiger partial charge is 0.372 e. The quantitative estimate of drug-likeness (QED) is 0.412. The molecule has 0 bridgehead atoms. The minimum atomic E-state index is -0.224. The van der Waals surface area contributed by atoms with Crippen LogP contribution in [0.2, 0.25) is 0 Å². The number of hydrogen-bond donors (Lipinski definition) is 0. The number of ether oxygens (including phenoxy) is 1. The average molecular weight is 477 g/mol. The summed E-state index contributed by atoms with van der Waals surface area (Å²) < 4.78 is 5.66. The topological polar surface area (TPSA) is 105 Å². The van der Waals surface area contributed by atoms with E-state index in [1.54, 1.807) is 36.4 Å². The lowest BCUT2D eigenvalue weighted by Gasteiger charge is -2.24. The molecule has 1 aliphatic carbocycles. The van der Waals surface area contributed by atoms with E-state index in [0.717, 1.165) is 40.8 Å². The molecule has 0 spiro atoms. The fourth-order valence-corrected chi connectivity index (χ4v) is 4.77. The number of anilines is 1. The predicted molar refractivity (Wildman–Crippen MR) is 133 cm³/mol. The molecule has 1 fully saturated rings. The summed E-state index contributed by atoms with van der Waals surface area (Å²) in [5.41, 5.74) is 7.10.